The molecule has 0 fully saturated rings. The van der Waals surface area contributed by atoms with E-state index in [0.29, 0.717) is 5.75 Å². The lowest BCUT2D eigenvalue weighted by molar-refractivity contribution is 0.475. The molecule has 4 rings (SSSR count). The lowest BCUT2D eigenvalue weighted by Gasteiger charge is -2.17. The fourth-order valence-corrected chi connectivity index (χ4v) is 4.50. The molecule has 0 spiro atoms. The van der Waals surface area contributed by atoms with Gasteiger partial charge in [0.15, 0.2) is 0 Å². The van der Waals surface area contributed by atoms with Crippen LogP contribution in [0.1, 0.15) is 23.6 Å². The van der Waals surface area contributed by atoms with Crippen molar-refractivity contribution in [2.45, 2.75) is 25.3 Å². The fourth-order valence-electron chi connectivity index (χ4n) is 3.42. The number of benzene rings is 3. The van der Waals surface area contributed by atoms with Crippen molar-refractivity contribution in [3.8, 4) is 5.75 Å². The number of aromatic hydroxyl groups is 1. The summed E-state index contributed by atoms with van der Waals surface area (Å²) in [4.78, 5) is 1.10. The maximum Gasteiger partial charge on any atom is 0.128 e. The van der Waals surface area contributed by atoms with Crippen LogP contribution >= 0.6 is 11.9 Å². The minimum absolute atomic E-state index is 0.357. The van der Waals surface area contributed by atoms with Crippen molar-refractivity contribution in [1.82, 2.24) is 9.84 Å². The Labute approximate surface area is 173 Å². The Morgan fingerprint density at radius 2 is 2.00 bits per heavy atom. The highest BCUT2D eigenvalue weighted by molar-refractivity contribution is 7.97. The predicted molar refractivity (Wildman–Crippen MR) is 120 cm³/mol. The third-order valence-electron chi connectivity index (χ3n) is 4.88. The van der Waals surface area contributed by atoms with Crippen molar-refractivity contribution in [3.63, 3.8) is 0 Å². The van der Waals surface area contributed by atoms with Crippen molar-refractivity contribution >= 4 is 40.5 Å². The summed E-state index contributed by atoms with van der Waals surface area (Å²) in [6, 6.07) is 16.0. The van der Waals surface area contributed by atoms with Gasteiger partial charge in [0.25, 0.3) is 0 Å². The van der Waals surface area contributed by atoms with Gasteiger partial charge in [0.05, 0.1) is 17.9 Å². The minimum atomic E-state index is 0.357. The van der Waals surface area contributed by atoms with Gasteiger partial charge in [-0.1, -0.05) is 36.4 Å². The fraction of sp³-hybridized carbons (Fsp3) is 0.143. The molecule has 148 valence electrons. The van der Waals surface area contributed by atoms with Gasteiger partial charge < -0.3 is 16.4 Å². The van der Waals surface area contributed by atoms with Crippen LogP contribution in [0.25, 0.3) is 10.8 Å². The zero-order chi connectivity index (χ0) is 20.4. The first-order chi connectivity index (χ1) is 14.1. The standard InChI is InChI=1S/C21H22N6OS/c1-13-20(28)18-9-4-3-8-17(18)19-11-27(29-21(13)19)26-16-7-5-6-15(10-16)14(2)25-24-12-23-22/h3-10,12,26,28H,11,22H2,1-2H3,(H,23,24). The van der Waals surface area contributed by atoms with Gasteiger partial charge in [-0.2, -0.15) is 14.6 Å². The highest BCUT2D eigenvalue weighted by atomic mass is 32.2. The number of nitrogens with zero attached hydrogens (tertiary/aromatic N) is 3. The summed E-state index contributed by atoms with van der Waals surface area (Å²) >= 11 is 1.61. The summed E-state index contributed by atoms with van der Waals surface area (Å²) < 4.78 is 2.08. The zero-order valence-electron chi connectivity index (χ0n) is 16.2. The first kappa shape index (κ1) is 19.1. The van der Waals surface area contributed by atoms with Gasteiger partial charge in [0, 0.05) is 15.8 Å². The van der Waals surface area contributed by atoms with E-state index in [1.54, 1.807) is 11.9 Å². The molecule has 8 heteroatoms. The number of fused-ring (bicyclic) bond motifs is 3. The van der Waals surface area contributed by atoms with Crippen molar-refractivity contribution in [3.05, 3.63) is 65.2 Å². The average Bonchev–Trinajstić information content (AvgIpc) is 3.16. The number of phenolic OH excluding ortho intramolecular Hbond substituents is 1. The number of phenols is 1. The molecule has 29 heavy (non-hydrogen) atoms. The SMILES string of the molecule is CC(=NNC=NN)c1cccc(NN2Cc3c(c(C)c(O)c4ccccc34)S2)c1. The second-order valence-corrected chi connectivity index (χ2v) is 7.78. The van der Waals surface area contributed by atoms with E-state index in [4.69, 9.17) is 5.84 Å². The first-order valence-electron chi connectivity index (χ1n) is 9.15. The van der Waals surface area contributed by atoms with Crippen LogP contribution in [0.4, 0.5) is 5.69 Å². The van der Waals surface area contributed by atoms with E-state index in [1.807, 2.05) is 56.3 Å². The molecule has 7 nitrogen and oxygen atoms in total. The Morgan fingerprint density at radius 3 is 2.79 bits per heavy atom. The molecule has 5 N–H and O–H groups in total. The van der Waals surface area contributed by atoms with E-state index in [0.717, 1.165) is 44.7 Å². The van der Waals surface area contributed by atoms with E-state index in [9.17, 15) is 5.11 Å². The molecule has 0 aromatic heterocycles. The Kier molecular flexibility index (Phi) is 5.28. The van der Waals surface area contributed by atoms with Crippen LogP contribution in [-0.4, -0.2) is 21.6 Å². The molecule has 1 heterocycles. The van der Waals surface area contributed by atoms with Gasteiger partial charge in [-0.25, -0.2) is 0 Å². The summed E-state index contributed by atoms with van der Waals surface area (Å²) in [5.41, 5.74) is 11.0. The normalized spacial score (nSPS) is 14.5. The Balaban J connectivity index is 1.57. The Bertz CT molecular complexity index is 1130. The smallest absolute Gasteiger partial charge is 0.128 e. The second kappa shape index (κ2) is 8.02. The number of rotatable bonds is 5. The van der Waals surface area contributed by atoms with Crippen molar-refractivity contribution in [2.24, 2.45) is 16.0 Å². The predicted octanol–water partition coefficient (Wildman–Crippen LogP) is 3.92. The van der Waals surface area contributed by atoms with E-state index < -0.39 is 0 Å². The van der Waals surface area contributed by atoms with Crippen LogP contribution in [0.5, 0.6) is 5.75 Å². The molecule has 0 saturated carbocycles. The van der Waals surface area contributed by atoms with Gasteiger partial charge in [0.2, 0.25) is 0 Å². The third-order valence-corrected chi connectivity index (χ3v) is 6.05. The number of nitrogens with one attached hydrogen (secondary N) is 2. The average molecular weight is 407 g/mol. The molecule has 1 aliphatic rings. The quantitative estimate of drug-likeness (QED) is 0.169. The molecule has 0 unspecified atom stereocenters. The number of hydrazine groups is 1. The largest absolute Gasteiger partial charge is 0.507 e. The van der Waals surface area contributed by atoms with Gasteiger partial charge >= 0.3 is 0 Å². The summed E-state index contributed by atoms with van der Waals surface area (Å²) in [6.45, 7) is 4.61. The van der Waals surface area contributed by atoms with Gasteiger partial charge in [-0.05, 0) is 54.4 Å². The van der Waals surface area contributed by atoms with E-state index in [1.165, 1.54) is 11.9 Å². The summed E-state index contributed by atoms with van der Waals surface area (Å²) in [5.74, 6) is 5.42. The number of hydrazone groups is 2. The number of nitrogens with two attached hydrogens (primary N) is 1. The number of hydrogen-bond acceptors (Lipinski definition) is 7. The third kappa shape index (κ3) is 3.72. The molecule has 3 aromatic rings. The first-order valence-corrected chi connectivity index (χ1v) is 9.93. The van der Waals surface area contributed by atoms with Crippen LogP contribution in [0.3, 0.4) is 0 Å². The Hall–Kier alpha value is -3.23. The molecular weight excluding hydrogens is 384 g/mol. The van der Waals surface area contributed by atoms with Gasteiger partial charge in [-0.15, -0.1) is 0 Å². The van der Waals surface area contributed by atoms with Crippen LogP contribution in [0, 0.1) is 6.92 Å². The number of anilines is 1. The van der Waals surface area contributed by atoms with E-state index in [2.05, 4.69) is 31.5 Å². The summed E-state index contributed by atoms with van der Waals surface area (Å²) in [5, 5.41) is 20.1. The van der Waals surface area contributed by atoms with Crippen molar-refractivity contribution in [1.29, 1.82) is 0 Å². The minimum Gasteiger partial charge on any atom is -0.507 e. The van der Waals surface area contributed by atoms with Crippen LogP contribution in [0.15, 0.2) is 63.6 Å². The maximum absolute atomic E-state index is 10.6. The van der Waals surface area contributed by atoms with E-state index >= 15 is 0 Å². The van der Waals surface area contributed by atoms with Crippen molar-refractivity contribution < 1.29 is 5.11 Å². The second-order valence-electron chi connectivity index (χ2n) is 6.75. The van der Waals surface area contributed by atoms with Crippen LogP contribution in [-0.2, 0) is 6.54 Å². The van der Waals surface area contributed by atoms with Crippen LogP contribution in [0.2, 0.25) is 0 Å². The topological polar surface area (TPSA) is 98.3 Å². The molecule has 3 aromatic carbocycles. The molecule has 0 aliphatic carbocycles. The molecule has 1 aliphatic heterocycles. The molecule has 0 amide bonds. The lowest BCUT2D eigenvalue weighted by Crippen LogP contribution is -2.18. The molecule has 0 radical (unpaired) electrons. The molecule has 0 atom stereocenters. The highest BCUT2D eigenvalue weighted by Gasteiger charge is 2.26. The molecular formula is C21H22N6OS. The Morgan fingerprint density at radius 1 is 1.21 bits per heavy atom. The van der Waals surface area contributed by atoms with E-state index in [-0.39, 0.29) is 0 Å². The summed E-state index contributed by atoms with van der Waals surface area (Å²) in [7, 11) is 0. The highest BCUT2D eigenvalue weighted by Crippen LogP contribution is 2.46. The van der Waals surface area contributed by atoms with Gasteiger partial charge in [0.1, 0.15) is 12.1 Å². The molecule has 0 bridgehead atoms. The lowest BCUT2D eigenvalue weighted by atomic mass is 10.00. The van der Waals surface area contributed by atoms with Gasteiger partial charge in [-0.3, -0.25) is 5.43 Å². The van der Waals surface area contributed by atoms with Crippen molar-refractivity contribution in [2.75, 3.05) is 5.43 Å². The molecule has 0 saturated heterocycles. The maximum atomic E-state index is 10.6. The number of hydrogen-bond donors (Lipinski definition) is 4. The van der Waals surface area contributed by atoms with Crippen LogP contribution < -0.4 is 16.7 Å². The summed E-state index contributed by atoms with van der Waals surface area (Å²) in [6.07, 6.45) is 1.33. The monoisotopic (exact) mass is 406 g/mol. The zero-order valence-corrected chi connectivity index (χ0v) is 17.0.